The van der Waals surface area contributed by atoms with Gasteiger partial charge < -0.3 is 14.4 Å². The second kappa shape index (κ2) is 12.3. The highest BCUT2D eigenvalue weighted by Crippen LogP contribution is 2.28. The van der Waals surface area contributed by atoms with E-state index >= 15 is 0 Å². The highest BCUT2D eigenvalue weighted by atomic mass is 35.5. The van der Waals surface area contributed by atoms with Gasteiger partial charge in [-0.3, -0.25) is 19.3 Å². The van der Waals surface area contributed by atoms with Gasteiger partial charge in [0.25, 0.3) is 5.56 Å². The molecule has 0 N–H and O–H groups in total. The minimum Gasteiger partial charge on any atom is -0.485 e. The number of ether oxygens (including phenoxy) is 2. The molecule has 0 aliphatic carbocycles. The van der Waals surface area contributed by atoms with Crippen molar-refractivity contribution < 1.29 is 18.3 Å². The summed E-state index contributed by atoms with van der Waals surface area (Å²) >= 11 is 6.41. The Bertz CT molecular complexity index is 1630. The van der Waals surface area contributed by atoms with Crippen molar-refractivity contribution in [2.75, 3.05) is 24.6 Å². The number of nitrogens with zero attached hydrogens (tertiary/aromatic N) is 6. The molecular weight excluding hydrogens is 554 g/mol. The first-order valence-electron chi connectivity index (χ1n) is 13.3. The Morgan fingerprint density at radius 2 is 1.83 bits per heavy atom. The highest BCUT2D eigenvalue weighted by Gasteiger charge is 2.22. The molecule has 0 radical (unpaired) electrons. The molecule has 0 spiro atoms. The topological polar surface area (TPSA) is 95.3 Å². The predicted octanol–water partition coefficient (Wildman–Crippen LogP) is 5.22. The molecule has 1 fully saturated rings. The summed E-state index contributed by atoms with van der Waals surface area (Å²) < 4.78 is 40.0. The molecule has 0 saturated carbocycles. The number of piperidine rings is 1. The summed E-state index contributed by atoms with van der Waals surface area (Å²) in [5, 5.41) is -0.185. The summed E-state index contributed by atoms with van der Waals surface area (Å²) in [7, 11) is 0. The number of anilines is 1. The van der Waals surface area contributed by atoms with Gasteiger partial charge in [0.05, 0.1) is 29.4 Å². The Morgan fingerprint density at radius 3 is 2.56 bits per heavy atom. The largest absolute Gasteiger partial charge is 0.485 e. The molecule has 5 rings (SSSR count). The molecule has 214 valence electrons. The van der Waals surface area contributed by atoms with E-state index in [9.17, 15) is 13.6 Å². The zero-order chi connectivity index (χ0) is 29.1. The van der Waals surface area contributed by atoms with Crippen molar-refractivity contribution in [3.8, 4) is 22.8 Å². The van der Waals surface area contributed by atoms with Gasteiger partial charge in [-0.15, -0.1) is 0 Å². The summed E-state index contributed by atoms with van der Waals surface area (Å²) in [4.78, 5) is 33.0. The summed E-state index contributed by atoms with van der Waals surface area (Å²) in [6.07, 6.45) is 6.34. The van der Waals surface area contributed by atoms with Gasteiger partial charge in [-0.1, -0.05) is 11.6 Å². The normalized spacial score (nSPS) is 14.0. The third-order valence-electron chi connectivity index (χ3n) is 6.90. The minimum absolute atomic E-state index is 0.0661. The van der Waals surface area contributed by atoms with E-state index in [0.717, 1.165) is 37.7 Å². The molecule has 0 amide bonds. The molecular formula is C29H29ClF2N6O3. The van der Waals surface area contributed by atoms with E-state index < -0.39 is 17.2 Å². The van der Waals surface area contributed by atoms with Gasteiger partial charge in [-0.25, -0.2) is 18.7 Å². The lowest BCUT2D eigenvalue weighted by atomic mass is 10.1. The molecule has 1 aliphatic heterocycles. The summed E-state index contributed by atoms with van der Waals surface area (Å²) in [5.41, 5.74) is 2.41. The Morgan fingerprint density at radius 1 is 1.05 bits per heavy atom. The van der Waals surface area contributed by atoms with Crippen molar-refractivity contribution in [1.82, 2.24) is 24.5 Å². The number of aromatic nitrogens is 5. The van der Waals surface area contributed by atoms with Crippen molar-refractivity contribution in [3.05, 3.63) is 86.8 Å². The fraction of sp³-hybridized carbons (Fsp3) is 0.345. The van der Waals surface area contributed by atoms with Crippen LogP contribution in [-0.4, -0.2) is 50.3 Å². The number of halogens is 3. The summed E-state index contributed by atoms with van der Waals surface area (Å²) in [6.45, 7) is 7.55. The smallest absolute Gasteiger partial charge is 0.277 e. The van der Waals surface area contributed by atoms with Gasteiger partial charge >= 0.3 is 0 Å². The van der Waals surface area contributed by atoms with Crippen LogP contribution in [0.25, 0.3) is 17.1 Å². The molecule has 4 aromatic rings. The zero-order valence-electron chi connectivity index (χ0n) is 22.9. The van der Waals surface area contributed by atoms with Gasteiger partial charge in [-0.05, 0) is 51.3 Å². The van der Waals surface area contributed by atoms with Crippen LogP contribution in [0.4, 0.5) is 14.7 Å². The molecule has 4 aromatic heterocycles. The Balaban J connectivity index is 1.41. The third kappa shape index (κ3) is 6.20. The van der Waals surface area contributed by atoms with E-state index in [2.05, 4.69) is 19.9 Å². The lowest BCUT2D eigenvalue weighted by Gasteiger charge is -2.31. The first-order valence-corrected chi connectivity index (χ1v) is 13.6. The van der Waals surface area contributed by atoms with Gasteiger partial charge in [-0.2, -0.15) is 0 Å². The maximum atomic E-state index is 14.0. The first kappa shape index (κ1) is 28.6. The predicted molar refractivity (Wildman–Crippen MR) is 151 cm³/mol. The molecule has 5 heterocycles. The minimum atomic E-state index is -0.853. The van der Waals surface area contributed by atoms with Crippen LogP contribution >= 0.6 is 11.6 Å². The third-order valence-corrected chi connectivity index (χ3v) is 7.24. The molecule has 0 unspecified atom stereocenters. The fourth-order valence-corrected chi connectivity index (χ4v) is 4.97. The van der Waals surface area contributed by atoms with Gasteiger partial charge in [0, 0.05) is 49.9 Å². The van der Waals surface area contributed by atoms with Crippen LogP contribution < -0.4 is 15.2 Å². The lowest BCUT2D eigenvalue weighted by Crippen LogP contribution is -2.38. The lowest BCUT2D eigenvalue weighted by molar-refractivity contribution is 0.0457. The number of rotatable bonds is 8. The SMILES string of the molecule is CCOC1CCN(c2nccc(-c3cc(-n4c(C)cc(OCc5ncc(F)cc5F)c(Cl)c4=O)c(C)cn3)n2)CC1. The molecule has 41 heavy (non-hydrogen) atoms. The van der Waals surface area contributed by atoms with Gasteiger partial charge in [0.2, 0.25) is 5.95 Å². The maximum absolute atomic E-state index is 14.0. The van der Waals surface area contributed by atoms with Crippen molar-refractivity contribution >= 4 is 17.5 Å². The molecule has 9 nitrogen and oxygen atoms in total. The van der Waals surface area contributed by atoms with Crippen LogP contribution in [0.2, 0.25) is 5.02 Å². The van der Waals surface area contributed by atoms with Crippen LogP contribution in [0.3, 0.4) is 0 Å². The second-order valence-electron chi connectivity index (χ2n) is 9.71. The van der Waals surface area contributed by atoms with Crippen LogP contribution in [0.15, 0.2) is 47.7 Å². The van der Waals surface area contributed by atoms with E-state index in [-0.39, 0.29) is 29.2 Å². The van der Waals surface area contributed by atoms with Crippen LogP contribution in [0.1, 0.15) is 36.7 Å². The Hall–Kier alpha value is -3.96. The van der Waals surface area contributed by atoms with E-state index in [1.807, 2.05) is 13.8 Å². The monoisotopic (exact) mass is 582 g/mol. The van der Waals surface area contributed by atoms with Crippen LogP contribution in [0.5, 0.6) is 5.75 Å². The molecule has 1 aliphatic rings. The van der Waals surface area contributed by atoms with E-state index in [4.69, 9.17) is 26.1 Å². The van der Waals surface area contributed by atoms with Gasteiger partial charge in [0.1, 0.15) is 28.9 Å². The van der Waals surface area contributed by atoms with Crippen molar-refractivity contribution in [1.29, 1.82) is 0 Å². The quantitative estimate of drug-likeness (QED) is 0.279. The number of hydrogen-bond donors (Lipinski definition) is 0. The molecule has 0 bridgehead atoms. The number of hydrogen-bond acceptors (Lipinski definition) is 8. The van der Waals surface area contributed by atoms with Crippen molar-refractivity contribution in [3.63, 3.8) is 0 Å². The summed E-state index contributed by atoms with van der Waals surface area (Å²) in [6, 6.07) is 5.86. The maximum Gasteiger partial charge on any atom is 0.277 e. The molecule has 0 aromatic carbocycles. The highest BCUT2D eigenvalue weighted by molar-refractivity contribution is 6.31. The molecule has 12 heteroatoms. The second-order valence-corrected chi connectivity index (χ2v) is 10.1. The van der Waals surface area contributed by atoms with Crippen LogP contribution in [-0.2, 0) is 11.3 Å². The number of aryl methyl sites for hydroxylation is 2. The Kier molecular flexibility index (Phi) is 8.55. The molecule has 1 saturated heterocycles. The van der Waals surface area contributed by atoms with Crippen molar-refractivity contribution in [2.24, 2.45) is 0 Å². The summed E-state index contributed by atoms with van der Waals surface area (Å²) in [5.74, 6) is -0.966. The van der Waals surface area contributed by atoms with Gasteiger partial charge in [0.15, 0.2) is 5.82 Å². The van der Waals surface area contributed by atoms with Crippen molar-refractivity contribution in [2.45, 2.75) is 46.3 Å². The first-order chi connectivity index (χ1) is 19.7. The average Bonchev–Trinajstić information content (AvgIpc) is 2.96. The Labute approximate surface area is 240 Å². The van der Waals surface area contributed by atoms with E-state index in [1.54, 1.807) is 37.5 Å². The van der Waals surface area contributed by atoms with E-state index in [1.165, 1.54) is 4.57 Å². The fourth-order valence-electron chi connectivity index (χ4n) is 4.78. The standard InChI is InChI=1S/C29H29ClF2N6O3/c1-4-40-20-6-9-37(10-7-20)29-33-8-5-22(36-29)23-13-25(17(2)14-34-23)38-18(3)11-26(27(30)28(38)39)41-16-24-21(32)12-19(31)15-35-24/h5,8,11-15,20H,4,6-7,9-10,16H2,1-3H3. The number of pyridine rings is 3. The van der Waals surface area contributed by atoms with E-state index in [0.29, 0.717) is 41.4 Å². The van der Waals surface area contributed by atoms with Crippen LogP contribution in [0, 0.1) is 25.5 Å². The average molecular weight is 583 g/mol. The molecule has 0 atom stereocenters. The zero-order valence-corrected chi connectivity index (χ0v) is 23.7.